The third kappa shape index (κ3) is 2.24. The van der Waals surface area contributed by atoms with Gasteiger partial charge in [0.15, 0.2) is 0 Å². The highest BCUT2D eigenvalue weighted by molar-refractivity contribution is 5.45. The Hall–Kier alpha value is -1.80. The Labute approximate surface area is 107 Å². The highest BCUT2D eigenvalue weighted by atomic mass is 16.3. The molecule has 0 aliphatic heterocycles. The van der Waals surface area contributed by atoms with Crippen LogP contribution in [0.1, 0.15) is 11.1 Å². The van der Waals surface area contributed by atoms with Crippen LogP contribution in [0.3, 0.4) is 0 Å². The normalized spacial score (nSPS) is 22.3. The predicted octanol–water partition coefficient (Wildman–Crippen LogP) is 2.63. The molecule has 0 amide bonds. The van der Waals surface area contributed by atoms with Crippen LogP contribution in [0.4, 0.5) is 5.69 Å². The van der Waals surface area contributed by atoms with Gasteiger partial charge in [-0.15, -0.1) is 0 Å². The van der Waals surface area contributed by atoms with Gasteiger partial charge in [0.2, 0.25) is 0 Å². The molecule has 0 unspecified atom stereocenters. The Morgan fingerprint density at radius 1 is 0.833 bits per heavy atom. The molecule has 1 aliphatic rings. The van der Waals surface area contributed by atoms with Crippen LogP contribution < -0.4 is 5.32 Å². The summed E-state index contributed by atoms with van der Waals surface area (Å²) >= 11 is 0. The topological polar surface area (TPSA) is 32.3 Å². The zero-order valence-electron chi connectivity index (χ0n) is 10.2. The number of para-hydroxylation sites is 1. The standard InChI is InChI=1S/C16H17NO/c18-16-11-13-7-5-4-6-12(13)10-15(16)17-14-8-2-1-3-9-14/h1-9,15-18H,10-11H2/t15-,16-/m1/s1. The molecule has 92 valence electrons. The second-order valence-electron chi connectivity index (χ2n) is 4.86. The molecule has 3 rings (SSSR count). The van der Waals surface area contributed by atoms with E-state index in [4.69, 9.17) is 0 Å². The van der Waals surface area contributed by atoms with Crippen LogP contribution in [0.15, 0.2) is 54.6 Å². The Balaban J connectivity index is 1.79. The van der Waals surface area contributed by atoms with Gasteiger partial charge in [0, 0.05) is 12.1 Å². The van der Waals surface area contributed by atoms with Gasteiger partial charge >= 0.3 is 0 Å². The van der Waals surface area contributed by atoms with Gasteiger partial charge in [0.25, 0.3) is 0 Å². The number of anilines is 1. The van der Waals surface area contributed by atoms with Gasteiger partial charge in [-0.3, -0.25) is 0 Å². The maximum absolute atomic E-state index is 10.2. The summed E-state index contributed by atoms with van der Waals surface area (Å²) in [6.07, 6.45) is 1.30. The molecule has 0 saturated carbocycles. The Morgan fingerprint density at radius 2 is 1.44 bits per heavy atom. The monoisotopic (exact) mass is 239 g/mol. The largest absolute Gasteiger partial charge is 0.391 e. The van der Waals surface area contributed by atoms with Crippen molar-refractivity contribution in [3.05, 3.63) is 65.7 Å². The minimum atomic E-state index is -0.319. The quantitative estimate of drug-likeness (QED) is 0.844. The lowest BCUT2D eigenvalue weighted by Gasteiger charge is -2.31. The number of fused-ring (bicyclic) bond motifs is 1. The maximum Gasteiger partial charge on any atom is 0.0784 e. The molecule has 2 atom stereocenters. The van der Waals surface area contributed by atoms with Crippen molar-refractivity contribution in [2.24, 2.45) is 0 Å². The summed E-state index contributed by atoms with van der Waals surface area (Å²) in [7, 11) is 0. The van der Waals surface area contributed by atoms with Crippen LogP contribution in [0.5, 0.6) is 0 Å². The lowest BCUT2D eigenvalue weighted by atomic mass is 9.86. The summed E-state index contributed by atoms with van der Waals surface area (Å²) in [6, 6.07) is 18.5. The first-order valence-electron chi connectivity index (χ1n) is 6.39. The molecule has 0 aromatic heterocycles. The molecule has 0 bridgehead atoms. The highest BCUT2D eigenvalue weighted by Crippen LogP contribution is 2.23. The number of nitrogens with one attached hydrogen (secondary N) is 1. The van der Waals surface area contributed by atoms with E-state index in [1.54, 1.807) is 0 Å². The first-order valence-corrected chi connectivity index (χ1v) is 6.39. The fraction of sp³-hybridized carbons (Fsp3) is 0.250. The fourth-order valence-electron chi connectivity index (χ4n) is 2.59. The van der Waals surface area contributed by atoms with E-state index in [9.17, 15) is 5.11 Å². The third-order valence-electron chi connectivity index (χ3n) is 3.58. The molecule has 0 radical (unpaired) electrons. The van der Waals surface area contributed by atoms with Crippen LogP contribution in [0, 0.1) is 0 Å². The second kappa shape index (κ2) is 4.83. The SMILES string of the molecule is O[C@@H]1Cc2ccccc2C[C@H]1Nc1ccccc1. The fourth-order valence-corrected chi connectivity index (χ4v) is 2.59. The van der Waals surface area contributed by atoms with Gasteiger partial charge in [-0.25, -0.2) is 0 Å². The van der Waals surface area contributed by atoms with E-state index in [-0.39, 0.29) is 12.1 Å². The van der Waals surface area contributed by atoms with E-state index in [0.717, 1.165) is 18.5 Å². The molecule has 0 saturated heterocycles. The minimum absolute atomic E-state index is 0.0994. The summed E-state index contributed by atoms with van der Waals surface area (Å²) in [4.78, 5) is 0. The predicted molar refractivity (Wildman–Crippen MR) is 73.7 cm³/mol. The lowest BCUT2D eigenvalue weighted by Crippen LogP contribution is -2.40. The van der Waals surface area contributed by atoms with Crippen molar-refractivity contribution in [2.75, 3.05) is 5.32 Å². The van der Waals surface area contributed by atoms with Gasteiger partial charge in [0.1, 0.15) is 0 Å². The van der Waals surface area contributed by atoms with E-state index in [1.165, 1.54) is 11.1 Å². The average Bonchev–Trinajstić information content (AvgIpc) is 2.41. The summed E-state index contributed by atoms with van der Waals surface area (Å²) < 4.78 is 0. The van der Waals surface area contributed by atoms with Crippen molar-refractivity contribution in [1.29, 1.82) is 0 Å². The second-order valence-corrected chi connectivity index (χ2v) is 4.86. The number of aliphatic hydroxyl groups excluding tert-OH is 1. The molecule has 0 fully saturated rings. The summed E-state index contributed by atoms with van der Waals surface area (Å²) in [5, 5.41) is 13.6. The van der Waals surface area contributed by atoms with Crippen molar-refractivity contribution in [2.45, 2.75) is 25.0 Å². The highest BCUT2D eigenvalue weighted by Gasteiger charge is 2.26. The van der Waals surface area contributed by atoms with Crippen LogP contribution in [-0.2, 0) is 12.8 Å². The van der Waals surface area contributed by atoms with Crippen molar-refractivity contribution >= 4 is 5.69 Å². The molecule has 2 N–H and O–H groups in total. The van der Waals surface area contributed by atoms with Crippen LogP contribution in [-0.4, -0.2) is 17.3 Å². The van der Waals surface area contributed by atoms with E-state index in [0.29, 0.717) is 0 Å². The van der Waals surface area contributed by atoms with Crippen molar-refractivity contribution < 1.29 is 5.11 Å². The first-order chi connectivity index (χ1) is 8.83. The van der Waals surface area contributed by atoms with E-state index in [2.05, 4.69) is 23.5 Å². The first kappa shape index (κ1) is 11.3. The van der Waals surface area contributed by atoms with Gasteiger partial charge in [0.05, 0.1) is 12.1 Å². The van der Waals surface area contributed by atoms with E-state index < -0.39 is 0 Å². The molecule has 2 aromatic rings. The average molecular weight is 239 g/mol. The summed E-state index contributed by atoms with van der Waals surface area (Å²) in [5.41, 5.74) is 3.69. The molecule has 2 heteroatoms. The number of hydrogen-bond donors (Lipinski definition) is 2. The molecular weight excluding hydrogens is 222 g/mol. The summed E-state index contributed by atoms with van der Waals surface area (Å²) in [6.45, 7) is 0. The molecule has 0 heterocycles. The number of benzene rings is 2. The number of hydrogen-bond acceptors (Lipinski definition) is 2. The van der Waals surface area contributed by atoms with Crippen molar-refractivity contribution in [1.82, 2.24) is 0 Å². The zero-order valence-corrected chi connectivity index (χ0v) is 10.2. The Bertz CT molecular complexity index is 524. The molecule has 2 aromatic carbocycles. The third-order valence-corrected chi connectivity index (χ3v) is 3.58. The molecular formula is C16H17NO. The van der Waals surface area contributed by atoms with Gasteiger partial charge in [-0.05, 0) is 29.7 Å². The van der Waals surface area contributed by atoms with Crippen LogP contribution in [0.25, 0.3) is 0 Å². The molecule has 1 aliphatic carbocycles. The van der Waals surface area contributed by atoms with E-state index in [1.807, 2.05) is 36.4 Å². The smallest absolute Gasteiger partial charge is 0.0784 e. The van der Waals surface area contributed by atoms with E-state index >= 15 is 0 Å². The molecule has 18 heavy (non-hydrogen) atoms. The molecule has 2 nitrogen and oxygen atoms in total. The van der Waals surface area contributed by atoms with Gasteiger partial charge in [-0.1, -0.05) is 42.5 Å². The van der Waals surface area contributed by atoms with Crippen LogP contribution in [0.2, 0.25) is 0 Å². The zero-order chi connectivity index (χ0) is 12.4. The van der Waals surface area contributed by atoms with Gasteiger partial charge < -0.3 is 10.4 Å². The Kier molecular flexibility index (Phi) is 3.03. The lowest BCUT2D eigenvalue weighted by molar-refractivity contribution is 0.145. The summed E-state index contributed by atoms with van der Waals surface area (Å²) in [5.74, 6) is 0. The molecule has 0 spiro atoms. The van der Waals surface area contributed by atoms with Gasteiger partial charge in [-0.2, -0.15) is 0 Å². The van der Waals surface area contributed by atoms with Crippen LogP contribution >= 0.6 is 0 Å². The minimum Gasteiger partial charge on any atom is -0.391 e. The van der Waals surface area contributed by atoms with Crippen molar-refractivity contribution in [3.63, 3.8) is 0 Å². The Morgan fingerprint density at radius 3 is 2.17 bits per heavy atom. The van der Waals surface area contributed by atoms with Crippen molar-refractivity contribution in [3.8, 4) is 0 Å². The number of rotatable bonds is 2. The maximum atomic E-state index is 10.2. The number of aliphatic hydroxyl groups is 1.